The van der Waals surface area contributed by atoms with Gasteiger partial charge in [-0.3, -0.25) is 0 Å². The third kappa shape index (κ3) is 6.63. The van der Waals surface area contributed by atoms with E-state index in [1.54, 1.807) is 6.20 Å². The van der Waals surface area contributed by atoms with Crippen LogP contribution in [0.5, 0.6) is 0 Å². The zero-order valence-corrected chi connectivity index (χ0v) is 28.4. The number of fused-ring (bicyclic) bond motifs is 3. The molecule has 6 rings (SSSR count). The van der Waals surface area contributed by atoms with Crippen molar-refractivity contribution < 1.29 is 24.5 Å². The molecule has 0 aliphatic heterocycles. The van der Waals surface area contributed by atoms with Crippen molar-refractivity contribution in [3.05, 3.63) is 115 Å². The van der Waals surface area contributed by atoms with Gasteiger partial charge < -0.3 is 4.98 Å². The summed E-state index contributed by atoms with van der Waals surface area (Å²) < 4.78 is 7.76. The number of aromatic nitrogens is 2. The van der Waals surface area contributed by atoms with Crippen LogP contribution in [0, 0.1) is 12.1 Å². The molecule has 0 saturated carbocycles. The predicted octanol–water partition coefficient (Wildman–Crippen LogP) is 8.84. The first kappa shape index (κ1) is 29.9. The molecule has 205 valence electrons. The summed E-state index contributed by atoms with van der Waals surface area (Å²) in [5, 5.41) is 2.21. The molecule has 3 aromatic heterocycles. The molecule has 3 heterocycles. The number of nitrogens with zero attached hydrogens (tertiary/aromatic N) is 2. The summed E-state index contributed by atoms with van der Waals surface area (Å²) in [6.45, 7) is 6.65. The topological polar surface area (TPSA) is 38.9 Å². The van der Waals surface area contributed by atoms with Gasteiger partial charge in [-0.05, 0) is 11.8 Å². The Morgan fingerprint density at radius 3 is 2.15 bits per heavy atom. The quantitative estimate of drug-likeness (QED) is 0.134. The Morgan fingerprint density at radius 2 is 1.52 bits per heavy atom. The van der Waals surface area contributed by atoms with E-state index in [-0.39, 0.29) is 25.5 Å². The first-order valence-electron chi connectivity index (χ1n) is 13.3. The van der Waals surface area contributed by atoms with Crippen molar-refractivity contribution in [3.63, 3.8) is 0 Å². The van der Waals surface area contributed by atoms with Gasteiger partial charge in [0.1, 0.15) is 0 Å². The molecule has 0 amide bonds. The van der Waals surface area contributed by atoms with Crippen LogP contribution in [0.15, 0.2) is 102 Å². The molecule has 0 bridgehead atoms. The molecule has 6 aromatic rings. The second kappa shape index (κ2) is 12.2. The van der Waals surface area contributed by atoms with Crippen LogP contribution in [0.3, 0.4) is 0 Å². The van der Waals surface area contributed by atoms with Crippen molar-refractivity contribution >= 4 is 39.6 Å². The maximum Gasteiger partial charge on any atom is 0.0160 e. The summed E-state index contributed by atoms with van der Waals surface area (Å²) in [6, 6.07) is 35.2. The van der Waals surface area contributed by atoms with E-state index in [0.717, 1.165) is 44.5 Å². The second-order valence-electron chi connectivity index (χ2n) is 11.8. The number of hydrogen-bond donors (Lipinski definition) is 0. The summed E-state index contributed by atoms with van der Waals surface area (Å²) in [4.78, 5) is 8.92. The number of furan rings is 1. The molecule has 0 fully saturated rings. The van der Waals surface area contributed by atoms with E-state index < -0.39 is 13.3 Å². The molecule has 0 N–H and O–H groups in total. The van der Waals surface area contributed by atoms with Crippen LogP contribution in [0.4, 0.5) is 0 Å². The SMILES string of the molecule is CC(C)(C)c1cccc2c1oc1cc(-c3[c-]c[c]([Ge]([CH3])([CH3])[CH3])cc3)ncc12.[Ir].[c-]1ccccc1-c1ccccn1. The predicted molar refractivity (Wildman–Crippen MR) is 166 cm³/mol. The Bertz CT molecular complexity index is 1660. The van der Waals surface area contributed by atoms with Crippen molar-refractivity contribution in [1.82, 2.24) is 9.97 Å². The van der Waals surface area contributed by atoms with Crippen LogP contribution in [-0.2, 0) is 25.5 Å². The summed E-state index contributed by atoms with van der Waals surface area (Å²) in [6.07, 6.45) is 3.72. The zero-order chi connectivity index (χ0) is 27.6. The molecule has 3 nitrogen and oxygen atoms in total. The van der Waals surface area contributed by atoms with E-state index in [0.29, 0.717) is 0 Å². The van der Waals surface area contributed by atoms with Gasteiger partial charge in [0.15, 0.2) is 0 Å². The number of hydrogen-bond acceptors (Lipinski definition) is 3. The average molecular weight is 763 g/mol. The fraction of sp³-hybridized carbons (Fsp3) is 0.200. The Labute approximate surface area is 253 Å². The normalized spacial score (nSPS) is 11.6. The number of benzene rings is 3. The molecule has 0 aliphatic carbocycles. The molecule has 40 heavy (non-hydrogen) atoms. The number of para-hydroxylation sites is 1. The van der Waals surface area contributed by atoms with Crippen LogP contribution in [0.1, 0.15) is 26.3 Å². The van der Waals surface area contributed by atoms with Gasteiger partial charge in [0, 0.05) is 26.3 Å². The average Bonchev–Trinajstić information content (AvgIpc) is 3.31. The van der Waals surface area contributed by atoms with Gasteiger partial charge in [-0.1, -0.05) is 12.1 Å². The first-order chi connectivity index (χ1) is 18.6. The third-order valence-corrected chi connectivity index (χ3v) is 11.1. The molecule has 0 unspecified atom stereocenters. The number of rotatable bonds is 3. The van der Waals surface area contributed by atoms with Crippen molar-refractivity contribution in [2.45, 2.75) is 43.5 Å². The van der Waals surface area contributed by atoms with E-state index in [4.69, 9.17) is 9.40 Å². The molecule has 0 aliphatic rings. The molecule has 0 atom stereocenters. The maximum atomic E-state index is 6.31. The molecular formula is C35H34GeIrN2O-2. The monoisotopic (exact) mass is 765 g/mol. The summed E-state index contributed by atoms with van der Waals surface area (Å²) in [5.41, 5.74) is 7.06. The Hall–Kier alpha value is -3.05. The minimum absolute atomic E-state index is 0. The standard InChI is InChI=1S/C24H26GeNO.C11H8N.Ir/c1-24(2,3)20-9-7-8-18-19-15-26-21(14-22(19)27-23(18)20)16-10-12-17(13-11-16)25(4,5)6;1-2-6-10(7-3-1)11-8-4-5-9-12-11;/h7-10,12-15H,1-6H3;1-6,8-9H;/q2*-1;. The minimum Gasteiger partial charge on any atom is -0.305 e. The van der Waals surface area contributed by atoms with E-state index in [1.165, 1.54) is 9.96 Å². The molecule has 5 heteroatoms. The fourth-order valence-electron chi connectivity index (χ4n) is 4.56. The van der Waals surface area contributed by atoms with Crippen LogP contribution in [-0.4, -0.2) is 23.2 Å². The van der Waals surface area contributed by atoms with Crippen molar-refractivity contribution in [1.29, 1.82) is 0 Å². The molecule has 1 radical (unpaired) electrons. The van der Waals surface area contributed by atoms with Gasteiger partial charge >= 0.3 is 164 Å². The third-order valence-electron chi connectivity index (χ3n) is 6.80. The van der Waals surface area contributed by atoms with E-state index in [1.807, 2.05) is 54.7 Å². The van der Waals surface area contributed by atoms with E-state index in [9.17, 15) is 0 Å². The molecule has 0 saturated heterocycles. The van der Waals surface area contributed by atoms with E-state index >= 15 is 0 Å². The molecule has 3 aromatic carbocycles. The smallest absolute Gasteiger partial charge is 0.0160 e. The van der Waals surface area contributed by atoms with Gasteiger partial charge in [-0.25, -0.2) is 0 Å². The number of pyridine rings is 2. The Morgan fingerprint density at radius 1 is 0.750 bits per heavy atom. The van der Waals surface area contributed by atoms with Crippen LogP contribution in [0.25, 0.3) is 44.5 Å². The van der Waals surface area contributed by atoms with Gasteiger partial charge in [-0.2, -0.15) is 0 Å². The summed E-state index contributed by atoms with van der Waals surface area (Å²) in [5.74, 6) is 7.19. The van der Waals surface area contributed by atoms with Gasteiger partial charge in [0.05, 0.1) is 0 Å². The molecular weight excluding hydrogens is 729 g/mol. The Kier molecular flexibility index (Phi) is 9.14. The van der Waals surface area contributed by atoms with Crippen molar-refractivity contribution in [2.75, 3.05) is 0 Å². The largest absolute Gasteiger partial charge is 0.305 e. The van der Waals surface area contributed by atoms with E-state index in [2.05, 4.69) is 91.6 Å². The van der Waals surface area contributed by atoms with Crippen molar-refractivity contribution in [3.8, 4) is 22.5 Å². The van der Waals surface area contributed by atoms with Crippen LogP contribution < -0.4 is 4.40 Å². The van der Waals surface area contributed by atoms with Gasteiger partial charge in [-0.15, -0.1) is 35.9 Å². The van der Waals surface area contributed by atoms with Crippen LogP contribution in [0.2, 0.25) is 17.3 Å². The minimum atomic E-state index is -1.82. The Balaban J connectivity index is 0.000000238. The zero-order valence-electron chi connectivity index (χ0n) is 23.9. The maximum absolute atomic E-state index is 6.31. The van der Waals surface area contributed by atoms with Crippen LogP contribution >= 0.6 is 0 Å². The first-order valence-corrected chi connectivity index (χ1v) is 20.7. The second-order valence-corrected chi connectivity index (χ2v) is 22.5. The van der Waals surface area contributed by atoms with Gasteiger partial charge in [0.25, 0.3) is 0 Å². The summed E-state index contributed by atoms with van der Waals surface area (Å²) >= 11 is -1.82. The van der Waals surface area contributed by atoms with Crippen molar-refractivity contribution in [2.24, 2.45) is 0 Å². The fourth-order valence-corrected chi connectivity index (χ4v) is 6.84. The summed E-state index contributed by atoms with van der Waals surface area (Å²) in [7, 11) is 0. The van der Waals surface area contributed by atoms with Gasteiger partial charge in [0.2, 0.25) is 0 Å². The molecule has 0 spiro atoms.